The van der Waals surface area contributed by atoms with Gasteiger partial charge in [-0.25, -0.2) is 9.89 Å². The Bertz CT molecular complexity index is 466. The van der Waals surface area contributed by atoms with E-state index >= 15 is 0 Å². The molecule has 0 aliphatic heterocycles. The van der Waals surface area contributed by atoms with Crippen LogP contribution in [0.3, 0.4) is 0 Å². The number of aromatic nitrogens is 3. The summed E-state index contributed by atoms with van der Waals surface area (Å²) in [4.78, 5) is 32.8. The predicted octanol–water partition coefficient (Wildman–Crippen LogP) is -1.12. The van der Waals surface area contributed by atoms with Crippen LogP contribution in [0, 0.1) is 0 Å². The molecule has 17 heavy (non-hydrogen) atoms. The molecule has 0 saturated heterocycles. The average Bonchev–Trinajstić information content (AvgIpc) is 2.64. The normalized spacial score (nSPS) is 10.2. The van der Waals surface area contributed by atoms with Gasteiger partial charge in [0.15, 0.2) is 5.16 Å². The van der Waals surface area contributed by atoms with Crippen molar-refractivity contribution in [2.75, 3.05) is 12.8 Å². The van der Waals surface area contributed by atoms with Crippen molar-refractivity contribution in [2.24, 2.45) is 0 Å². The van der Waals surface area contributed by atoms with E-state index in [2.05, 4.69) is 15.5 Å². The van der Waals surface area contributed by atoms with Crippen molar-refractivity contribution in [3.63, 3.8) is 0 Å². The van der Waals surface area contributed by atoms with Crippen LogP contribution in [0.1, 0.15) is 6.42 Å². The lowest BCUT2D eigenvalue weighted by atomic mass is 10.4. The van der Waals surface area contributed by atoms with Gasteiger partial charge in [-0.1, -0.05) is 11.8 Å². The molecule has 1 aromatic heterocycles. The van der Waals surface area contributed by atoms with Crippen LogP contribution in [0.5, 0.6) is 0 Å². The summed E-state index contributed by atoms with van der Waals surface area (Å²) in [5.74, 6) is -1.39. The van der Waals surface area contributed by atoms with Gasteiger partial charge < -0.3 is 10.4 Å². The first-order valence-corrected chi connectivity index (χ1v) is 5.73. The highest BCUT2D eigenvalue weighted by Gasteiger charge is 2.11. The maximum absolute atomic E-state index is 11.3. The number of hydrogen-bond donors (Lipinski definition) is 3. The molecule has 0 spiro atoms. The SMILES string of the molecule is CNC(=O)CCn1c(SCC(=O)O)n[nH]c1=O. The van der Waals surface area contributed by atoms with Crippen molar-refractivity contribution >= 4 is 23.6 Å². The van der Waals surface area contributed by atoms with Crippen LogP contribution in [0.2, 0.25) is 0 Å². The summed E-state index contributed by atoms with van der Waals surface area (Å²) in [6, 6.07) is 0. The molecular weight excluding hydrogens is 248 g/mol. The third-order valence-electron chi connectivity index (χ3n) is 1.89. The fraction of sp³-hybridized carbons (Fsp3) is 0.500. The molecule has 1 rings (SSSR count). The minimum atomic E-state index is -0.997. The first-order chi connectivity index (χ1) is 8.04. The molecule has 1 aromatic rings. The average molecular weight is 260 g/mol. The number of rotatable bonds is 6. The van der Waals surface area contributed by atoms with Gasteiger partial charge in [0.25, 0.3) is 0 Å². The predicted molar refractivity (Wildman–Crippen MR) is 59.9 cm³/mol. The molecule has 0 aromatic carbocycles. The summed E-state index contributed by atoms with van der Waals surface area (Å²) in [6.45, 7) is 0.164. The summed E-state index contributed by atoms with van der Waals surface area (Å²) in [5.41, 5.74) is -0.457. The number of nitrogens with zero attached hydrogens (tertiary/aromatic N) is 2. The van der Waals surface area contributed by atoms with Crippen molar-refractivity contribution in [3.05, 3.63) is 10.5 Å². The minimum Gasteiger partial charge on any atom is -0.481 e. The molecular formula is C8H12N4O4S. The molecule has 0 aliphatic rings. The molecule has 3 N–H and O–H groups in total. The van der Waals surface area contributed by atoms with Gasteiger partial charge in [-0.15, -0.1) is 5.10 Å². The molecule has 0 bridgehead atoms. The highest BCUT2D eigenvalue weighted by atomic mass is 32.2. The van der Waals surface area contributed by atoms with Gasteiger partial charge in [0.2, 0.25) is 5.91 Å². The highest BCUT2D eigenvalue weighted by molar-refractivity contribution is 7.99. The maximum atomic E-state index is 11.3. The number of aliphatic carboxylic acids is 1. The second kappa shape index (κ2) is 6.09. The van der Waals surface area contributed by atoms with Crippen LogP contribution < -0.4 is 11.0 Å². The molecule has 1 heterocycles. The van der Waals surface area contributed by atoms with Crippen molar-refractivity contribution in [3.8, 4) is 0 Å². The Kier molecular flexibility index (Phi) is 4.76. The Morgan fingerprint density at radius 1 is 1.59 bits per heavy atom. The van der Waals surface area contributed by atoms with Gasteiger partial charge in [-0.05, 0) is 0 Å². The Hall–Kier alpha value is -1.77. The van der Waals surface area contributed by atoms with E-state index in [4.69, 9.17) is 5.11 Å². The smallest absolute Gasteiger partial charge is 0.343 e. The summed E-state index contributed by atoms with van der Waals surface area (Å²) >= 11 is 0.925. The summed E-state index contributed by atoms with van der Waals surface area (Å²) in [5, 5.41) is 17.1. The van der Waals surface area contributed by atoms with E-state index in [1.807, 2.05) is 0 Å². The number of aromatic amines is 1. The van der Waals surface area contributed by atoms with Crippen LogP contribution in [0.25, 0.3) is 0 Å². The van der Waals surface area contributed by atoms with E-state index < -0.39 is 11.7 Å². The first kappa shape index (κ1) is 13.3. The molecule has 0 aliphatic carbocycles. The Labute approximate surface area is 100 Å². The number of carbonyl (C=O) groups excluding carboxylic acids is 1. The minimum absolute atomic E-state index is 0.135. The molecule has 0 radical (unpaired) electrons. The molecule has 8 nitrogen and oxygen atoms in total. The second-order valence-corrected chi connectivity index (χ2v) is 4.01. The Morgan fingerprint density at radius 2 is 2.29 bits per heavy atom. The van der Waals surface area contributed by atoms with Crippen LogP contribution >= 0.6 is 11.8 Å². The van der Waals surface area contributed by atoms with Crippen LogP contribution in [-0.4, -0.2) is 44.5 Å². The fourth-order valence-electron chi connectivity index (χ4n) is 1.08. The Balaban J connectivity index is 2.69. The van der Waals surface area contributed by atoms with Crippen molar-refractivity contribution in [1.29, 1.82) is 0 Å². The zero-order chi connectivity index (χ0) is 12.8. The number of hydrogen-bond acceptors (Lipinski definition) is 5. The molecule has 0 fully saturated rings. The van der Waals surface area contributed by atoms with E-state index in [9.17, 15) is 14.4 Å². The van der Waals surface area contributed by atoms with Crippen LogP contribution in [-0.2, 0) is 16.1 Å². The third-order valence-corrected chi connectivity index (χ3v) is 2.85. The lowest BCUT2D eigenvalue weighted by Crippen LogP contribution is -2.24. The van der Waals surface area contributed by atoms with Gasteiger partial charge in [0.05, 0.1) is 5.75 Å². The van der Waals surface area contributed by atoms with Crippen molar-refractivity contribution < 1.29 is 14.7 Å². The van der Waals surface area contributed by atoms with Crippen molar-refractivity contribution in [2.45, 2.75) is 18.1 Å². The monoisotopic (exact) mass is 260 g/mol. The zero-order valence-electron chi connectivity index (χ0n) is 9.10. The topological polar surface area (TPSA) is 117 Å². The van der Waals surface area contributed by atoms with Gasteiger partial charge >= 0.3 is 11.7 Å². The number of H-pyrrole nitrogens is 1. The lowest BCUT2D eigenvalue weighted by Gasteiger charge is -2.03. The lowest BCUT2D eigenvalue weighted by molar-refractivity contribution is -0.134. The van der Waals surface area contributed by atoms with Crippen molar-refractivity contribution in [1.82, 2.24) is 20.1 Å². The maximum Gasteiger partial charge on any atom is 0.343 e. The molecule has 1 amide bonds. The van der Waals surface area contributed by atoms with E-state index in [0.717, 1.165) is 11.8 Å². The number of carboxylic acid groups (broad SMARTS) is 1. The summed E-state index contributed by atoms with van der Waals surface area (Å²) < 4.78 is 1.24. The number of thioether (sulfide) groups is 1. The summed E-state index contributed by atoms with van der Waals surface area (Å²) in [7, 11) is 1.50. The van der Waals surface area contributed by atoms with Gasteiger partial charge in [0, 0.05) is 20.0 Å². The van der Waals surface area contributed by atoms with Crippen LogP contribution in [0.15, 0.2) is 9.95 Å². The van der Waals surface area contributed by atoms with Gasteiger partial charge in [-0.3, -0.25) is 14.2 Å². The number of nitrogens with one attached hydrogen (secondary N) is 2. The van der Waals surface area contributed by atoms with E-state index in [1.54, 1.807) is 0 Å². The van der Waals surface area contributed by atoms with E-state index in [0.29, 0.717) is 0 Å². The fourth-order valence-corrected chi connectivity index (χ4v) is 1.77. The van der Waals surface area contributed by atoms with Gasteiger partial charge in [-0.2, -0.15) is 0 Å². The molecule has 94 valence electrons. The quantitative estimate of drug-likeness (QED) is 0.558. The third kappa shape index (κ3) is 3.94. The zero-order valence-corrected chi connectivity index (χ0v) is 9.91. The van der Waals surface area contributed by atoms with Gasteiger partial charge in [0.1, 0.15) is 0 Å². The molecule has 0 saturated carbocycles. The highest BCUT2D eigenvalue weighted by Crippen LogP contribution is 2.12. The number of carbonyl (C=O) groups is 2. The molecule has 0 atom stereocenters. The first-order valence-electron chi connectivity index (χ1n) is 4.75. The van der Waals surface area contributed by atoms with E-state index in [1.165, 1.54) is 11.6 Å². The van der Waals surface area contributed by atoms with Crippen LogP contribution in [0.4, 0.5) is 0 Å². The largest absolute Gasteiger partial charge is 0.481 e. The number of amides is 1. The molecule has 9 heteroatoms. The second-order valence-electron chi connectivity index (χ2n) is 3.07. The molecule has 0 unspecified atom stereocenters. The number of carboxylic acids is 1. The summed E-state index contributed by atoms with van der Waals surface area (Å²) in [6.07, 6.45) is 0.135. The standard InChI is InChI=1S/C8H12N4O4S/c1-9-5(13)2-3-12-7(16)10-11-8(12)17-4-6(14)15/h2-4H2,1H3,(H,9,13)(H,10,16)(H,14,15). The van der Waals surface area contributed by atoms with E-state index in [-0.39, 0.29) is 29.8 Å². The Morgan fingerprint density at radius 3 is 2.88 bits per heavy atom.